The number of nitro groups is 1. The Balaban J connectivity index is 2.43. The Hall–Kier alpha value is -1.80. The zero-order valence-electron chi connectivity index (χ0n) is 10.2. The standard InChI is InChI=1S/C11H12BrN5O2/c1-2-9(13)10-6-16(15-14-10)11-5-7(17(18)19)3-4-8(11)12/h3-6,9H,2,13H2,1H3. The van der Waals surface area contributed by atoms with Crippen LogP contribution < -0.4 is 5.73 Å². The number of nitro benzene ring substituents is 1. The smallest absolute Gasteiger partial charge is 0.271 e. The molecular formula is C11H12BrN5O2. The van der Waals surface area contributed by atoms with Gasteiger partial charge in [-0.05, 0) is 28.4 Å². The Morgan fingerprint density at radius 3 is 2.95 bits per heavy atom. The minimum atomic E-state index is -0.453. The molecule has 0 radical (unpaired) electrons. The van der Waals surface area contributed by atoms with Gasteiger partial charge in [0.1, 0.15) is 0 Å². The number of aromatic nitrogens is 3. The summed E-state index contributed by atoms with van der Waals surface area (Å²) in [6.07, 6.45) is 2.42. The third-order valence-corrected chi connectivity index (χ3v) is 3.39. The van der Waals surface area contributed by atoms with Crippen molar-refractivity contribution < 1.29 is 4.92 Å². The zero-order valence-corrected chi connectivity index (χ0v) is 11.7. The maximum absolute atomic E-state index is 10.8. The average Bonchev–Trinajstić information content (AvgIpc) is 2.87. The molecule has 8 heteroatoms. The van der Waals surface area contributed by atoms with E-state index >= 15 is 0 Å². The summed E-state index contributed by atoms with van der Waals surface area (Å²) in [4.78, 5) is 10.3. The van der Waals surface area contributed by atoms with Crippen LogP contribution in [0.3, 0.4) is 0 Å². The molecule has 1 heterocycles. The Morgan fingerprint density at radius 2 is 2.32 bits per heavy atom. The maximum Gasteiger partial charge on any atom is 0.271 e. The number of nitrogens with zero attached hydrogens (tertiary/aromatic N) is 4. The van der Waals surface area contributed by atoms with E-state index in [4.69, 9.17) is 5.73 Å². The van der Waals surface area contributed by atoms with E-state index < -0.39 is 4.92 Å². The van der Waals surface area contributed by atoms with Gasteiger partial charge < -0.3 is 5.73 Å². The van der Waals surface area contributed by atoms with Crippen molar-refractivity contribution in [3.05, 3.63) is 44.7 Å². The molecule has 0 aliphatic rings. The number of non-ortho nitro benzene ring substituents is 1. The van der Waals surface area contributed by atoms with E-state index in [-0.39, 0.29) is 11.7 Å². The highest BCUT2D eigenvalue weighted by Gasteiger charge is 2.14. The SMILES string of the molecule is CCC(N)c1cn(-c2cc([N+](=O)[O-])ccc2Br)nn1. The molecular weight excluding hydrogens is 314 g/mol. The molecule has 2 N–H and O–H groups in total. The minimum Gasteiger partial charge on any atom is -0.323 e. The highest BCUT2D eigenvalue weighted by atomic mass is 79.9. The van der Waals surface area contributed by atoms with Crippen LogP contribution in [0.4, 0.5) is 5.69 Å². The van der Waals surface area contributed by atoms with E-state index in [1.165, 1.54) is 16.8 Å². The van der Waals surface area contributed by atoms with Gasteiger partial charge in [0.15, 0.2) is 0 Å². The molecule has 0 spiro atoms. The molecule has 0 bridgehead atoms. The van der Waals surface area contributed by atoms with E-state index in [9.17, 15) is 10.1 Å². The summed E-state index contributed by atoms with van der Waals surface area (Å²) in [7, 11) is 0. The van der Waals surface area contributed by atoms with Gasteiger partial charge in [0.05, 0.1) is 28.5 Å². The van der Waals surface area contributed by atoms with Crippen molar-refractivity contribution in [1.82, 2.24) is 15.0 Å². The highest BCUT2D eigenvalue weighted by molar-refractivity contribution is 9.10. The lowest BCUT2D eigenvalue weighted by Gasteiger charge is -2.04. The lowest BCUT2D eigenvalue weighted by atomic mass is 10.2. The first-order valence-electron chi connectivity index (χ1n) is 5.65. The van der Waals surface area contributed by atoms with Gasteiger partial charge in [-0.15, -0.1) is 5.10 Å². The van der Waals surface area contributed by atoms with Crippen LogP contribution in [-0.2, 0) is 0 Å². The van der Waals surface area contributed by atoms with Crippen molar-refractivity contribution in [2.45, 2.75) is 19.4 Å². The Kier molecular flexibility index (Phi) is 3.91. The molecule has 0 saturated carbocycles. The molecule has 0 aliphatic heterocycles. The fourth-order valence-corrected chi connectivity index (χ4v) is 1.99. The van der Waals surface area contributed by atoms with Crippen molar-refractivity contribution in [2.24, 2.45) is 5.73 Å². The van der Waals surface area contributed by atoms with Crippen molar-refractivity contribution >= 4 is 21.6 Å². The minimum absolute atomic E-state index is 0.00459. The monoisotopic (exact) mass is 325 g/mol. The molecule has 1 unspecified atom stereocenters. The van der Waals surface area contributed by atoms with Crippen molar-refractivity contribution in [2.75, 3.05) is 0 Å². The van der Waals surface area contributed by atoms with E-state index in [0.29, 0.717) is 15.9 Å². The van der Waals surface area contributed by atoms with Gasteiger partial charge in [0.25, 0.3) is 5.69 Å². The van der Waals surface area contributed by atoms with E-state index in [2.05, 4.69) is 26.2 Å². The van der Waals surface area contributed by atoms with Crippen LogP contribution in [0.25, 0.3) is 5.69 Å². The first-order valence-corrected chi connectivity index (χ1v) is 6.44. The third kappa shape index (κ3) is 2.79. The Labute approximate surface area is 117 Å². The van der Waals surface area contributed by atoms with Gasteiger partial charge in [-0.2, -0.15) is 0 Å². The molecule has 19 heavy (non-hydrogen) atoms. The number of halogens is 1. The zero-order chi connectivity index (χ0) is 14.0. The van der Waals surface area contributed by atoms with Crippen LogP contribution >= 0.6 is 15.9 Å². The number of rotatable bonds is 4. The quantitative estimate of drug-likeness (QED) is 0.686. The van der Waals surface area contributed by atoms with Gasteiger partial charge >= 0.3 is 0 Å². The van der Waals surface area contributed by atoms with Crippen LogP contribution in [0.5, 0.6) is 0 Å². The van der Waals surface area contributed by atoms with Crippen molar-refractivity contribution in [3.8, 4) is 5.69 Å². The van der Waals surface area contributed by atoms with Crippen LogP contribution in [0.15, 0.2) is 28.9 Å². The second kappa shape index (κ2) is 5.45. The van der Waals surface area contributed by atoms with Crippen molar-refractivity contribution in [3.63, 3.8) is 0 Å². The highest BCUT2D eigenvalue weighted by Crippen LogP contribution is 2.25. The lowest BCUT2D eigenvalue weighted by Crippen LogP contribution is -2.08. The second-order valence-electron chi connectivity index (χ2n) is 4.00. The first kappa shape index (κ1) is 13.6. The summed E-state index contributed by atoms with van der Waals surface area (Å²) in [6.45, 7) is 1.95. The topological polar surface area (TPSA) is 99.9 Å². The summed E-state index contributed by atoms with van der Waals surface area (Å²) in [5.74, 6) is 0. The number of hydrogen-bond donors (Lipinski definition) is 1. The first-order chi connectivity index (χ1) is 9.02. The Bertz CT molecular complexity index is 613. The van der Waals surface area contributed by atoms with Gasteiger partial charge in [-0.1, -0.05) is 12.1 Å². The number of nitrogens with two attached hydrogens (primary N) is 1. The van der Waals surface area contributed by atoms with E-state index in [0.717, 1.165) is 6.42 Å². The fourth-order valence-electron chi connectivity index (χ4n) is 1.56. The van der Waals surface area contributed by atoms with Gasteiger partial charge in [-0.3, -0.25) is 10.1 Å². The van der Waals surface area contributed by atoms with Gasteiger partial charge in [0.2, 0.25) is 0 Å². The molecule has 2 aromatic rings. The molecule has 0 saturated heterocycles. The third-order valence-electron chi connectivity index (χ3n) is 2.72. The summed E-state index contributed by atoms with van der Waals surface area (Å²) in [5, 5.41) is 18.7. The molecule has 0 aliphatic carbocycles. The lowest BCUT2D eigenvalue weighted by molar-refractivity contribution is -0.384. The predicted molar refractivity (Wildman–Crippen MR) is 72.9 cm³/mol. The summed E-state index contributed by atoms with van der Waals surface area (Å²) in [6, 6.07) is 4.27. The predicted octanol–water partition coefficient (Wildman–Crippen LogP) is 2.35. The number of hydrogen-bond acceptors (Lipinski definition) is 5. The molecule has 1 aromatic carbocycles. The summed E-state index contributed by atoms with van der Waals surface area (Å²) in [5.41, 5.74) is 7.07. The van der Waals surface area contributed by atoms with Gasteiger partial charge in [0, 0.05) is 16.6 Å². The fraction of sp³-hybridized carbons (Fsp3) is 0.273. The van der Waals surface area contributed by atoms with E-state index in [1.807, 2.05) is 6.92 Å². The maximum atomic E-state index is 10.8. The summed E-state index contributed by atoms with van der Waals surface area (Å²) < 4.78 is 2.17. The summed E-state index contributed by atoms with van der Waals surface area (Å²) >= 11 is 3.34. The van der Waals surface area contributed by atoms with Crippen molar-refractivity contribution in [1.29, 1.82) is 0 Å². The van der Waals surface area contributed by atoms with E-state index in [1.54, 1.807) is 12.3 Å². The van der Waals surface area contributed by atoms with Crippen LogP contribution in [-0.4, -0.2) is 19.9 Å². The number of benzene rings is 1. The average molecular weight is 326 g/mol. The van der Waals surface area contributed by atoms with Crippen LogP contribution in [0.1, 0.15) is 25.1 Å². The van der Waals surface area contributed by atoms with Crippen LogP contribution in [0, 0.1) is 10.1 Å². The molecule has 1 aromatic heterocycles. The second-order valence-corrected chi connectivity index (χ2v) is 4.85. The molecule has 0 amide bonds. The molecule has 0 fully saturated rings. The van der Waals surface area contributed by atoms with Crippen LogP contribution in [0.2, 0.25) is 0 Å². The molecule has 1 atom stereocenters. The largest absolute Gasteiger partial charge is 0.323 e. The molecule has 100 valence electrons. The Morgan fingerprint density at radius 1 is 1.58 bits per heavy atom. The van der Waals surface area contributed by atoms with Gasteiger partial charge in [-0.25, -0.2) is 4.68 Å². The molecule has 2 rings (SSSR count). The molecule has 7 nitrogen and oxygen atoms in total. The normalized spacial score (nSPS) is 12.4.